The summed E-state index contributed by atoms with van der Waals surface area (Å²) in [5, 5.41) is 12.0. The van der Waals surface area contributed by atoms with E-state index in [1.54, 1.807) is 0 Å². The number of carboxylic acid groups (broad SMARTS) is 1. The van der Waals surface area contributed by atoms with Gasteiger partial charge in [-0.2, -0.15) is 0 Å². The molecule has 0 spiro atoms. The predicted octanol–water partition coefficient (Wildman–Crippen LogP) is 0.955. The van der Waals surface area contributed by atoms with Crippen LogP contribution in [-0.4, -0.2) is 41.5 Å². The Kier molecular flexibility index (Phi) is 4.74. The average Bonchev–Trinajstić information content (AvgIpc) is 2.81. The van der Waals surface area contributed by atoms with Gasteiger partial charge in [-0.25, -0.2) is 0 Å². The maximum Gasteiger partial charge on any atom is 0.308 e. The number of aliphatic carboxylic acids is 1. The fourth-order valence-electron chi connectivity index (χ4n) is 2.69. The SMILES string of the molecule is CC(=O)NC[C@@H]1CN(Cc2ccccc2)C[C@H]1C(=O)O. The van der Waals surface area contributed by atoms with Crippen molar-refractivity contribution in [1.29, 1.82) is 0 Å². The molecule has 1 saturated heterocycles. The Bertz CT molecular complexity index is 475. The van der Waals surface area contributed by atoms with Crippen LogP contribution in [0.5, 0.6) is 0 Å². The van der Waals surface area contributed by atoms with Crippen molar-refractivity contribution >= 4 is 11.9 Å². The minimum Gasteiger partial charge on any atom is -0.481 e. The summed E-state index contributed by atoms with van der Waals surface area (Å²) >= 11 is 0. The van der Waals surface area contributed by atoms with Crippen molar-refractivity contribution in [1.82, 2.24) is 10.2 Å². The average molecular weight is 276 g/mol. The number of benzene rings is 1. The molecule has 0 unspecified atom stereocenters. The van der Waals surface area contributed by atoms with Gasteiger partial charge >= 0.3 is 5.97 Å². The molecule has 1 aromatic rings. The summed E-state index contributed by atoms with van der Waals surface area (Å²) in [5.41, 5.74) is 1.18. The lowest BCUT2D eigenvalue weighted by Gasteiger charge is -2.16. The molecule has 0 aliphatic carbocycles. The van der Waals surface area contributed by atoms with Gasteiger partial charge in [0.05, 0.1) is 5.92 Å². The van der Waals surface area contributed by atoms with Gasteiger partial charge < -0.3 is 10.4 Å². The number of likely N-dealkylation sites (tertiary alicyclic amines) is 1. The van der Waals surface area contributed by atoms with E-state index in [4.69, 9.17) is 0 Å². The molecule has 2 atom stereocenters. The number of carbonyl (C=O) groups excluding carboxylic acids is 1. The Balaban J connectivity index is 1.96. The van der Waals surface area contributed by atoms with Crippen molar-refractivity contribution < 1.29 is 14.7 Å². The van der Waals surface area contributed by atoms with Crippen LogP contribution in [0.25, 0.3) is 0 Å². The molecule has 20 heavy (non-hydrogen) atoms. The van der Waals surface area contributed by atoms with E-state index < -0.39 is 11.9 Å². The number of nitrogens with zero attached hydrogens (tertiary/aromatic N) is 1. The predicted molar refractivity (Wildman–Crippen MR) is 75.0 cm³/mol. The smallest absolute Gasteiger partial charge is 0.308 e. The monoisotopic (exact) mass is 276 g/mol. The van der Waals surface area contributed by atoms with Crippen LogP contribution in [0.4, 0.5) is 0 Å². The van der Waals surface area contributed by atoms with Gasteiger partial charge in [0.1, 0.15) is 0 Å². The van der Waals surface area contributed by atoms with E-state index in [9.17, 15) is 14.7 Å². The van der Waals surface area contributed by atoms with Gasteiger partial charge in [0.2, 0.25) is 5.91 Å². The van der Waals surface area contributed by atoms with E-state index in [-0.39, 0.29) is 11.8 Å². The summed E-state index contributed by atoms with van der Waals surface area (Å²) in [5.74, 6) is -1.34. The first-order valence-corrected chi connectivity index (χ1v) is 6.80. The lowest BCUT2D eigenvalue weighted by molar-refractivity contribution is -0.142. The van der Waals surface area contributed by atoms with Crippen LogP contribution in [0.2, 0.25) is 0 Å². The molecule has 108 valence electrons. The Labute approximate surface area is 118 Å². The molecule has 1 heterocycles. The van der Waals surface area contributed by atoms with E-state index in [0.29, 0.717) is 19.6 Å². The van der Waals surface area contributed by atoms with Crippen LogP contribution in [0.15, 0.2) is 30.3 Å². The van der Waals surface area contributed by atoms with E-state index in [1.165, 1.54) is 12.5 Å². The molecular weight excluding hydrogens is 256 g/mol. The fourth-order valence-corrected chi connectivity index (χ4v) is 2.69. The summed E-state index contributed by atoms with van der Waals surface area (Å²) in [7, 11) is 0. The Morgan fingerprint density at radius 3 is 2.60 bits per heavy atom. The number of hydrogen-bond acceptors (Lipinski definition) is 3. The van der Waals surface area contributed by atoms with E-state index >= 15 is 0 Å². The van der Waals surface area contributed by atoms with E-state index in [1.807, 2.05) is 30.3 Å². The van der Waals surface area contributed by atoms with Crippen LogP contribution in [0.3, 0.4) is 0 Å². The number of amides is 1. The van der Waals surface area contributed by atoms with Crippen LogP contribution in [-0.2, 0) is 16.1 Å². The van der Waals surface area contributed by atoms with Gasteiger partial charge in [-0.05, 0) is 5.56 Å². The van der Waals surface area contributed by atoms with Gasteiger partial charge in [-0.1, -0.05) is 30.3 Å². The standard InChI is InChI=1S/C15H20N2O3/c1-11(18)16-7-13-9-17(10-14(13)15(19)20)8-12-5-3-2-4-6-12/h2-6,13-14H,7-10H2,1H3,(H,16,18)(H,19,20)/t13-,14-/m1/s1. The van der Waals surface area contributed by atoms with E-state index in [2.05, 4.69) is 10.2 Å². The molecule has 1 aliphatic rings. The zero-order valence-electron chi connectivity index (χ0n) is 11.6. The van der Waals surface area contributed by atoms with Gasteiger partial charge in [0.25, 0.3) is 0 Å². The molecular formula is C15H20N2O3. The van der Waals surface area contributed by atoms with Crippen LogP contribution >= 0.6 is 0 Å². The first-order valence-electron chi connectivity index (χ1n) is 6.80. The molecule has 0 saturated carbocycles. The first kappa shape index (κ1) is 14.5. The second kappa shape index (κ2) is 6.52. The summed E-state index contributed by atoms with van der Waals surface area (Å²) in [6.45, 7) is 3.87. The second-order valence-electron chi connectivity index (χ2n) is 5.32. The molecule has 5 heteroatoms. The number of hydrogen-bond donors (Lipinski definition) is 2. The molecule has 5 nitrogen and oxygen atoms in total. The fraction of sp³-hybridized carbons (Fsp3) is 0.467. The van der Waals surface area contributed by atoms with Crippen molar-refractivity contribution in [3.8, 4) is 0 Å². The van der Waals surface area contributed by atoms with Crippen molar-refractivity contribution in [2.24, 2.45) is 11.8 Å². The third kappa shape index (κ3) is 3.81. The van der Waals surface area contributed by atoms with Crippen molar-refractivity contribution in [3.63, 3.8) is 0 Å². The molecule has 2 rings (SSSR count). The molecule has 1 fully saturated rings. The summed E-state index contributed by atoms with van der Waals surface area (Å²) in [4.78, 5) is 24.4. The summed E-state index contributed by atoms with van der Waals surface area (Å²) < 4.78 is 0. The quantitative estimate of drug-likeness (QED) is 0.840. The Morgan fingerprint density at radius 1 is 1.30 bits per heavy atom. The number of nitrogens with one attached hydrogen (secondary N) is 1. The second-order valence-corrected chi connectivity index (χ2v) is 5.32. The van der Waals surface area contributed by atoms with Crippen LogP contribution < -0.4 is 5.32 Å². The summed E-state index contributed by atoms with van der Waals surface area (Å²) in [6, 6.07) is 10.0. The Morgan fingerprint density at radius 2 is 2.00 bits per heavy atom. The normalized spacial score (nSPS) is 22.6. The molecule has 1 amide bonds. The van der Waals surface area contributed by atoms with Crippen molar-refractivity contribution in [3.05, 3.63) is 35.9 Å². The maximum atomic E-state index is 11.3. The minimum atomic E-state index is -0.782. The maximum absolute atomic E-state index is 11.3. The highest BCUT2D eigenvalue weighted by Gasteiger charge is 2.37. The highest BCUT2D eigenvalue weighted by atomic mass is 16.4. The van der Waals surface area contributed by atoms with E-state index in [0.717, 1.165) is 6.54 Å². The molecule has 1 aliphatic heterocycles. The number of carbonyl (C=O) groups is 2. The topological polar surface area (TPSA) is 69.6 Å². The Hall–Kier alpha value is -1.88. The highest BCUT2D eigenvalue weighted by molar-refractivity contribution is 5.73. The van der Waals surface area contributed by atoms with Gasteiger partial charge in [-0.15, -0.1) is 0 Å². The third-order valence-corrected chi connectivity index (χ3v) is 3.70. The number of rotatable bonds is 5. The van der Waals surface area contributed by atoms with Crippen molar-refractivity contribution in [2.75, 3.05) is 19.6 Å². The molecule has 0 aromatic heterocycles. The van der Waals surface area contributed by atoms with Crippen LogP contribution in [0.1, 0.15) is 12.5 Å². The van der Waals surface area contributed by atoms with Crippen molar-refractivity contribution in [2.45, 2.75) is 13.5 Å². The molecule has 0 bridgehead atoms. The zero-order chi connectivity index (χ0) is 14.5. The number of carboxylic acids is 1. The van der Waals surface area contributed by atoms with Gasteiger partial charge in [0, 0.05) is 39.0 Å². The minimum absolute atomic E-state index is 0.0277. The van der Waals surface area contributed by atoms with Crippen LogP contribution in [0, 0.1) is 11.8 Å². The first-order chi connectivity index (χ1) is 9.56. The third-order valence-electron chi connectivity index (χ3n) is 3.70. The molecule has 2 N–H and O–H groups in total. The lowest BCUT2D eigenvalue weighted by Crippen LogP contribution is -2.33. The zero-order valence-corrected chi connectivity index (χ0v) is 11.6. The largest absolute Gasteiger partial charge is 0.481 e. The molecule has 0 radical (unpaired) electrons. The van der Waals surface area contributed by atoms with Gasteiger partial charge in [-0.3, -0.25) is 14.5 Å². The highest BCUT2D eigenvalue weighted by Crippen LogP contribution is 2.24. The van der Waals surface area contributed by atoms with Gasteiger partial charge in [0.15, 0.2) is 0 Å². The molecule has 1 aromatic carbocycles. The lowest BCUT2D eigenvalue weighted by atomic mass is 9.96. The summed E-state index contributed by atoms with van der Waals surface area (Å²) in [6.07, 6.45) is 0.